The number of ketones is 2. The van der Waals surface area contributed by atoms with E-state index in [-0.39, 0.29) is 11.6 Å². The van der Waals surface area contributed by atoms with Gasteiger partial charge < -0.3 is 0 Å². The molecule has 0 amide bonds. The number of Topliss-reactive ketones (excluding diaryl/α,β-unsaturated/α-hetero) is 2. The van der Waals surface area contributed by atoms with E-state index in [1.165, 1.54) is 16.0 Å². The first kappa shape index (κ1) is 16.5. The van der Waals surface area contributed by atoms with Crippen LogP contribution in [-0.4, -0.2) is 31.0 Å². The van der Waals surface area contributed by atoms with Gasteiger partial charge in [-0.2, -0.15) is 0 Å². The van der Waals surface area contributed by atoms with E-state index in [1.54, 1.807) is 26.9 Å². The van der Waals surface area contributed by atoms with Gasteiger partial charge in [-0.05, 0) is 0 Å². The zero-order valence-corrected chi connectivity index (χ0v) is 17.4. The molecule has 0 bridgehead atoms. The van der Waals surface area contributed by atoms with E-state index in [2.05, 4.69) is 28.5 Å². The number of nitrogens with zero attached hydrogens (tertiary/aromatic N) is 1. The summed E-state index contributed by atoms with van der Waals surface area (Å²) in [6.45, 7) is 2.00. The monoisotopic (exact) mass is 449 g/mol. The molecule has 0 spiro atoms. The van der Waals surface area contributed by atoms with Crippen LogP contribution in [0.5, 0.6) is 0 Å². The quantitative estimate of drug-likeness (QED) is 0.329. The fourth-order valence-electron chi connectivity index (χ4n) is 4.27. The van der Waals surface area contributed by atoms with Gasteiger partial charge in [-0.25, -0.2) is 0 Å². The molecule has 3 aliphatic rings. The third-order valence-corrected chi connectivity index (χ3v) is 9.42. The molecule has 1 aromatic carbocycles. The van der Waals surface area contributed by atoms with E-state index in [0.29, 0.717) is 31.2 Å². The standard InChI is InChI=1S/C23H15NO2SSe/c25-21-15-3-1-2-4-16(15)22(26)17(21)10-13-5-6-14(9-13)24-11-18-20(12-24)28-19-7-8-27-23(18)19/h1-8,10H,9,11-12H2. The van der Waals surface area contributed by atoms with Gasteiger partial charge in [0.1, 0.15) is 0 Å². The van der Waals surface area contributed by atoms with Gasteiger partial charge >= 0.3 is 172 Å². The number of fused-ring (bicyclic) bond motifs is 4. The second kappa shape index (κ2) is 6.02. The van der Waals surface area contributed by atoms with Gasteiger partial charge in [0.25, 0.3) is 0 Å². The Hall–Kier alpha value is -2.46. The molecule has 6 rings (SSSR count). The molecule has 0 unspecified atom stereocenters. The van der Waals surface area contributed by atoms with Crippen LogP contribution in [0.25, 0.3) is 8.96 Å². The van der Waals surface area contributed by atoms with Crippen LogP contribution in [0.1, 0.15) is 37.1 Å². The van der Waals surface area contributed by atoms with Crippen molar-refractivity contribution < 1.29 is 9.59 Å². The Morgan fingerprint density at radius 3 is 2.57 bits per heavy atom. The van der Waals surface area contributed by atoms with Crippen molar-refractivity contribution in [2.45, 2.75) is 19.5 Å². The van der Waals surface area contributed by atoms with Crippen molar-refractivity contribution in [3.05, 3.63) is 91.9 Å². The second-order valence-electron chi connectivity index (χ2n) is 7.31. The van der Waals surface area contributed by atoms with Crippen LogP contribution >= 0.6 is 11.3 Å². The van der Waals surface area contributed by atoms with Crippen molar-refractivity contribution in [3.63, 3.8) is 0 Å². The summed E-state index contributed by atoms with van der Waals surface area (Å²) in [5.41, 5.74) is 5.21. The molecule has 5 heteroatoms. The summed E-state index contributed by atoms with van der Waals surface area (Å²) in [5, 5.41) is 2.20. The van der Waals surface area contributed by atoms with Crippen LogP contribution in [0.3, 0.4) is 0 Å². The first-order valence-corrected chi connectivity index (χ1v) is 11.8. The Labute approximate surface area is 172 Å². The summed E-state index contributed by atoms with van der Waals surface area (Å²) >= 11 is 2.34. The Balaban J connectivity index is 1.21. The SMILES string of the molecule is O=C1C(=CC2=CC=C(N3Cc4[se]c5ccsc5c4C3)C2)C(=O)c2ccccc21. The zero-order chi connectivity index (χ0) is 18.8. The molecule has 0 atom stereocenters. The van der Waals surface area contributed by atoms with Crippen LogP contribution in [0.4, 0.5) is 0 Å². The number of hydrogen-bond donors (Lipinski definition) is 0. The van der Waals surface area contributed by atoms with E-state index in [9.17, 15) is 9.59 Å². The number of carbonyl (C=O) groups excluding carboxylic acids is 2. The first-order valence-electron chi connectivity index (χ1n) is 9.21. The molecule has 3 nitrogen and oxygen atoms in total. The third-order valence-electron chi connectivity index (χ3n) is 5.67. The molecule has 2 aliphatic carbocycles. The van der Waals surface area contributed by atoms with Gasteiger partial charge in [0.2, 0.25) is 0 Å². The number of benzene rings is 1. The van der Waals surface area contributed by atoms with Crippen molar-refractivity contribution in [2.24, 2.45) is 0 Å². The number of carbonyl (C=O) groups is 2. The first-order chi connectivity index (χ1) is 13.7. The number of thiophene rings is 1. The summed E-state index contributed by atoms with van der Waals surface area (Å²) < 4.78 is 4.65. The molecule has 0 radical (unpaired) electrons. The predicted molar refractivity (Wildman–Crippen MR) is 112 cm³/mol. The molecule has 3 heterocycles. The molecule has 136 valence electrons. The molecular formula is C23H15NO2SSe. The van der Waals surface area contributed by atoms with E-state index in [1.807, 2.05) is 23.5 Å². The molecular weight excluding hydrogens is 433 g/mol. The molecule has 1 aliphatic heterocycles. The van der Waals surface area contributed by atoms with Gasteiger partial charge in [-0.15, -0.1) is 0 Å². The second-order valence-corrected chi connectivity index (χ2v) is 10.6. The van der Waals surface area contributed by atoms with E-state index in [0.717, 1.165) is 25.1 Å². The van der Waals surface area contributed by atoms with Crippen molar-refractivity contribution >= 4 is 46.4 Å². The summed E-state index contributed by atoms with van der Waals surface area (Å²) in [4.78, 5) is 27.7. The minimum atomic E-state index is -0.148. The summed E-state index contributed by atoms with van der Waals surface area (Å²) in [7, 11) is 0. The van der Waals surface area contributed by atoms with Gasteiger partial charge in [0, 0.05) is 0 Å². The van der Waals surface area contributed by atoms with Gasteiger partial charge in [0.05, 0.1) is 0 Å². The maximum absolute atomic E-state index is 12.6. The number of hydrogen-bond acceptors (Lipinski definition) is 4. The molecule has 28 heavy (non-hydrogen) atoms. The summed E-state index contributed by atoms with van der Waals surface area (Å²) in [5.74, 6) is -0.297. The molecule has 0 fully saturated rings. The Morgan fingerprint density at radius 1 is 1.00 bits per heavy atom. The topological polar surface area (TPSA) is 37.4 Å². The number of allylic oxidation sites excluding steroid dienone is 5. The Kier molecular flexibility index (Phi) is 3.54. The van der Waals surface area contributed by atoms with Crippen LogP contribution in [0.15, 0.2) is 70.8 Å². The molecule has 2 aromatic heterocycles. The van der Waals surface area contributed by atoms with Crippen LogP contribution in [0, 0.1) is 0 Å². The zero-order valence-electron chi connectivity index (χ0n) is 14.9. The van der Waals surface area contributed by atoms with Crippen LogP contribution in [-0.2, 0) is 13.1 Å². The van der Waals surface area contributed by atoms with E-state index in [4.69, 9.17) is 0 Å². The minimum absolute atomic E-state index is 0.148. The normalized spacial score (nSPS) is 18.0. The van der Waals surface area contributed by atoms with Gasteiger partial charge in [-0.1, -0.05) is 0 Å². The third kappa shape index (κ3) is 2.34. The average Bonchev–Trinajstić information content (AvgIpc) is 3.48. The summed E-state index contributed by atoms with van der Waals surface area (Å²) in [6.07, 6.45) is 6.78. The van der Waals surface area contributed by atoms with Crippen molar-refractivity contribution in [2.75, 3.05) is 0 Å². The Bertz CT molecular complexity index is 1250. The predicted octanol–water partition coefficient (Wildman–Crippen LogP) is 4.49. The van der Waals surface area contributed by atoms with Crippen LogP contribution < -0.4 is 0 Å². The average molecular weight is 448 g/mol. The Morgan fingerprint density at radius 2 is 1.79 bits per heavy atom. The fraction of sp³-hybridized carbons (Fsp3) is 0.130. The summed E-state index contributed by atoms with van der Waals surface area (Å²) in [6, 6.07) is 9.36. The maximum atomic E-state index is 12.6. The van der Waals surface area contributed by atoms with Crippen molar-refractivity contribution in [1.29, 1.82) is 0 Å². The number of rotatable bonds is 2. The van der Waals surface area contributed by atoms with Gasteiger partial charge in [-0.3, -0.25) is 0 Å². The van der Waals surface area contributed by atoms with E-state index >= 15 is 0 Å². The fourth-order valence-corrected chi connectivity index (χ4v) is 8.35. The van der Waals surface area contributed by atoms with E-state index < -0.39 is 0 Å². The molecule has 0 saturated carbocycles. The van der Waals surface area contributed by atoms with Gasteiger partial charge in [0.15, 0.2) is 0 Å². The molecule has 3 aromatic rings. The van der Waals surface area contributed by atoms with Crippen molar-refractivity contribution in [1.82, 2.24) is 4.90 Å². The van der Waals surface area contributed by atoms with Crippen LogP contribution in [0.2, 0.25) is 0 Å². The molecule has 0 saturated heterocycles. The molecule has 0 N–H and O–H groups in total. The van der Waals surface area contributed by atoms with Crippen molar-refractivity contribution in [3.8, 4) is 0 Å².